The van der Waals surface area contributed by atoms with E-state index in [1.165, 1.54) is 21.6 Å². The highest BCUT2D eigenvalue weighted by atomic mass is 33.1. The first-order valence-electron chi connectivity index (χ1n) is 16.0. The van der Waals surface area contributed by atoms with Gasteiger partial charge in [0.05, 0.1) is 11.5 Å². The minimum Gasteiger partial charge on any atom is -0.354 e. The number of hydrogen-bond acceptors (Lipinski definition) is 8. The normalized spacial score (nSPS) is 12.9. The second-order valence-corrected chi connectivity index (χ2v) is 17.5. The van der Waals surface area contributed by atoms with E-state index in [1.54, 1.807) is 60.7 Å². The highest BCUT2D eigenvalue weighted by Crippen LogP contribution is 2.24. The molecule has 0 saturated heterocycles. The van der Waals surface area contributed by atoms with E-state index in [2.05, 4.69) is 20.1 Å². The molecule has 14 heteroatoms. The summed E-state index contributed by atoms with van der Waals surface area (Å²) in [5.74, 6) is -1.49. The van der Waals surface area contributed by atoms with Gasteiger partial charge in [-0.2, -0.15) is 0 Å². The number of rotatable bonds is 21. The molecule has 2 atom stereocenters. The molecule has 0 aliphatic carbocycles. The van der Waals surface area contributed by atoms with Crippen LogP contribution in [-0.2, 0) is 54.0 Å². The Kier molecular flexibility index (Phi) is 15.9. The summed E-state index contributed by atoms with van der Waals surface area (Å²) in [4.78, 5) is 26.6. The lowest BCUT2D eigenvalue weighted by Gasteiger charge is -2.20. The van der Waals surface area contributed by atoms with Crippen molar-refractivity contribution in [3.05, 3.63) is 144 Å². The predicted octanol–water partition coefficient (Wildman–Crippen LogP) is 4.06. The van der Waals surface area contributed by atoms with E-state index >= 15 is 0 Å². The van der Waals surface area contributed by atoms with Gasteiger partial charge in [-0.15, -0.1) is 0 Å². The Labute approximate surface area is 303 Å². The SMILES string of the molecule is O=C(NCCc1ccccc1)C(CSSCC(NS(=O)(=O)Cc1ccccc1)C(=O)NCCc1ccccc1)NS(=O)(=O)Cc1ccccc1. The molecule has 0 fully saturated rings. The van der Waals surface area contributed by atoms with Gasteiger partial charge in [0.1, 0.15) is 12.1 Å². The van der Waals surface area contributed by atoms with E-state index in [9.17, 15) is 26.4 Å². The van der Waals surface area contributed by atoms with Crippen molar-refractivity contribution in [1.29, 1.82) is 0 Å². The van der Waals surface area contributed by atoms with Crippen LogP contribution in [0.4, 0.5) is 0 Å². The largest absolute Gasteiger partial charge is 0.354 e. The van der Waals surface area contributed by atoms with Crippen LogP contribution >= 0.6 is 21.6 Å². The number of sulfonamides is 2. The zero-order chi connectivity index (χ0) is 35.7. The lowest BCUT2D eigenvalue weighted by Crippen LogP contribution is -2.49. The van der Waals surface area contributed by atoms with Crippen molar-refractivity contribution < 1.29 is 26.4 Å². The number of amides is 2. The fourth-order valence-electron chi connectivity index (χ4n) is 4.86. The number of hydrogen-bond donors (Lipinski definition) is 4. The third-order valence-electron chi connectivity index (χ3n) is 7.34. The third-order valence-corrected chi connectivity index (χ3v) is 12.5. The molecule has 2 amide bonds. The highest BCUT2D eigenvalue weighted by Gasteiger charge is 2.27. The van der Waals surface area contributed by atoms with E-state index in [4.69, 9.17) is 0 Å². The molecule has 4 rings (SSSR count). The molecule has 0 bridgehead atoms. The van der Waals surface area contributed by atoms with Gasteiger partial charge in [-0.1, -0.05) is 143 Å². The molecule has 0 aliphatic heterocycles. The number of carbonyl (C=O) groups excluding carboxylic acids is 2. The van der Waals surface area contributed by atoms with Crippen LogP contribution in [0.5, 0.6) is 0 Å². The van der Waals surface area contributed by atoms with Crippen LogP contribution in [0.3, 0.4) is 0 Å². The maximum atomic E-state index is 13.3. The second kappa shape index (κ2) is 20.3. The Morgan fingerprint density at radius 3 is 1.10 bits per heavy atom. The van der Waals surface area contributed by atoms with Crippen molar-refractivity contribution in [3.8, 4) is 0 Å². The first-order valence-corrected chi connectivity index (χ1v) is 21.8. The van der Waals surface area contributed by atoms with Crippen LogP contribution in [0.2, 0.25) is 0 Å². The van der Waals surface area contributed by atoms with Gasteiger partial charge in [0.25, 0.3) is 0 Å². The van der Waals surface area contributed by atoms with E-state index < -0.39 is 43.9 Å². The molecular weight excluding hydrogens is 713 g/mol. The molecule has 0 heterocycles. The van der Waals surface area contributed by atoms with Crippen molar-refractivity contribution in [2.24, 2.45) is 0 Å². The molecule has 50 heavy (non-hydrogen) atoms. The maximum Gasteiger partial charge on any atom is 0.239 e. The van der Waals surface area contributed by atoms with Crippen molar-refractivity contribution in [2.45, 2.75) is 36.4 Å². The monoisotopic (exact) mass is 754 g/mol. The summed E-state index contributed by atoms with van der Waals surface area (Å²) in [5.41, 5.74) is 3.21. The standard InChI is InChI=1S/C36H42N4O6S4/c41-35(37-23-21-29-13-5-1-6-14-29)33(39-49(43,44)27-31-17-9-3-10-18-31)25-47-48-26-34(36(42)38-24-22-30-15-7-2-8-16-30)40-50(45,46)28-32-19-11-4-12-20-32/h1-20,33-34,39-40H,21-28H2,(H,37,41)(H,38,42). The van der Waals surface area contributed by atoms with Crippen molar-refractivity contribution in [1.82, 2.24) is 20.1 Å². The van der Waals surface area contributed by atoms with E-state index in [0.29, 0.717) is 37.1 Å². The summed E-state index contributed by atoms with van der Waals surface area (Å²) in [6.45, 7) is 0.623. The average molecular weight is 755 g/mol. The average Bonchev–Trinajstić information content (AvgIpc) is 3.10. The third kappa shape index (κ3) is 14.7. The van der Waals surface area contributed by atoms with Crippen molar-refractivity contribution in [2.75, 3.05) is 24.6 Å². The molecule has 0 aromatic heterocycles. The molecular formula is C36H42N4O6S4. The van der Waals surface area contributed by atoms with Crippen molar-refractivity contribution >= 4 is 53.4 Å². The summed E-state index contributed by atoms with van der Waals surface area (Å²) >= 11 is 0. The molecule has 266 valence electrons. The Bertz CT molecular complexity index is 1700. The molecule has 0 radical (unpaired) electrons. The fraction of sp³-hybridized carbons (Fsp3) is 0.278. The van der Waals surface area contributed by atoms with Crippen LogP contribution in [0.1, 0.15) is 22.3 Å². The molecule has 2 unspecified atom stereocenters. The summed E-state index contributed by atoms with van der Waals surface area (Å²) in [6.07, 6.45) is 1.14. The minimum absolute atomic E-state index is 0.0367. The Hall–Kier alpha value is -3.66. The van der Waals surface area contributed by atoms with Crippen LogP contribution in [0.15, 0.2) is 121 Å². The smallest absolute Gasteiger partial charge is 0.239 e. The van der Waals surface area contributed by atoms with Gasteiger partial charge < -0.3 is 10.6 Å². The van der Waals surface area contributed by atoms with Crippen LogP contribution in [0, 0.1) is 0 Å². The number of benzene rings is 4. The van der Waals surface area contributed by atoms with Gasteiger partial charge in [-0.25, -0.2) is 26.3 Å². The molecule has 10 nitrogen and oxygen atoms in total. The van der Waals surface area contributed by atoms with Gasteiger partial charge >= 0.3 is 0 Å². The fourth-order valence-corrected chi connectivity index (χ4v) is 10.1. The van der Waals surface area contributed by atoms with E-state index in [0.717, 1.165) is 11.1 Å². The zero-order valence-corrected chi connectivity index (χ0v) is 30.7. The predicted molar refractivity (Wildman–Crippen MR) is 203 cm³/mol. The summed E-state index contributed by atoms with van der Waals surface area (Å²) in [5, 5.41) is 5.66. The Balaban J connectivity index is 1.39. The van der Waals surface area contributed by atoms with Crippen LogP contribution in [-0.4, -0.2) is 65.3 Å². The Morgan fingerprint density at radius 1 is 0.480 bits per heavy atom. The molecule has 4 N–H and O–H groups in total. The number of carbonyl (C=O) groups is 2. The van der Waals surface area contributed by atoms with Gasteiger partial charge in [-0.3, -0.25) is 9.59 Å². The topological polar surface area (TPSA) is 151 Å². The van der Waals surface area contributed by atoms with Crippen LogP contribution < -0.4 is 20.1 Å². The molecule has 4 aromatic rings. The van der Waals surface area contributed by atoms with E-state index in [-0.39, 0.29) is 23.0 Å². The zero-order valence-electron chi connectivity index (χ0n) is 27.4. The Morgan fingerprint density at radius 2 is 0.780 bits per heavy atom. The lowest BCUT2D eigenvalue weighted by molar-refractivity contribution is -0.122. The van der Waals surface area contributed by atoms with Gasteiger partial charge in [-0.05, 0) is 35.1 Å². The summed E-state index contributed by atoms with van der Waals surface area (Å²) in [7, 11) is -5.44. The highest BCUT2D eigenvalue weighted by molar-refractivity contribution is 8.76. The molecule has 0 aliphatic rings. The molecule has 0 spiro atoms. The molecule has 0 saturated carbocycles. The minimum atomic E-state index is -3.90. The second-order valence-electron chi connectivity index (χ2n) is 11.5. The lowest BCUT2D eigenvalue weighted by atomic mass is 10.1. The van der Waals surface area contributed by atoms with E-state index in [1.807, 2.05) is 60.7 Å². The van der Waals surface area contributed by atoms with Gasteiger partial charge in [0.15, 0.2) is 0 Å². The maximum absolute atomic E-state index is 13.3. The van der Waals surface area contributed by atoms with Crippen molar-refractivity contribution in [3.63, 3.8) is 0 Å². The first kappa shape index (κ1) is 39.1. The molecule has 4 aromatic carbocycles. The van der Waals surface area contributed by atoms with Gasteiger partial charge in [0, 0.05) is 24.6 Å². The van der Waals surface area contributed by atoms with Crippen LogP contribution in [0.25, 0.3) is 0 Å². The van der Waals surface area contributed by atoms with Gasteiger partial charge in [0.2, 0.25) is 31.9 Å². The first-order chi connectivity index (χ1) is 24.1. The summed E-state index contributed by atoms with van der Waals surface area (Å²) < 4.78 is 57.5. The summed E-state index contributed by atoms with van der Waals surface area (Å²) in [6, 6.07) is 34.3. The number of nitrogens with one attached hydrogen (secondary N) is 4. The quantitative estimate of drug-likeness (QED) is 0.0736.